The number of aromatic nitrogens is 4. The summed E-state index contributed by atoms with van der Waals surface area (Å²) in [6, 6.07) is 8.23. The van der Waals surface area contributed by atoms with Crippen molar-refractivity contribution in [1.82, 2.24) is 20.2 Å². The number of hydrogen-bond donors (Lipinski definition) is 2. The van der Waals surface area contributed by atoms with E-state index in [0.717, 1.165) is 68.3 Å². The van der Waals surface area contributed by atoms with Crippen molar-refractivity contribution >= 4 is 28.5 Å². The summed E-state index contributed by atoms with van der Waals surface area (Å²) in [6.07, 6.45) is 4.97. The normalized spacial score (nSPS) is 26.1. The summed E-state index contributed by atoms with van der Waals surface area (Å²) >= 11 is 0. The lowest BCUT2D eigenvalue weighted by molar-refractivity contribution is 0.0974. The Bertz CT molecular complexity index is 1270. The standard InChI is InChI=1S/C25H30N8O/c1-15-5-8-33(19-4-3-17(12-26)11-18(15)19)24-21-23(30-31-24)29-20(13-28-21)32-9-6-25(7-10-32)14-34-16(2)22(25)27/h3-4,11,13,15-16,22H,5-10,14,27H2,1-2H3,(H,29,30,31)/t15?,16-,22+/m0/s1. The van der Waals surface area contributed by atoms with Gasteiger partial charge in [-0.3, -0.25) is 5.10 Å². The molecule has 5 heterocycles. The van der Waals surface area contributed by atoms with Gasteiger partial charge < -0.3 is 20.3 Å². The quantitative estimate of drug-likeness (QED) is 0.601. The molecule has 9 heteroatoms. The predicted octanol–water partition coefficient (Wildman–Crippen LogP) is 3.20. The number of nitriles is 1. The van der Waals surface area contributed by atoms with Crippen molar-refractivity contribution in [2.45, 2.75) is 51.2 Å². The smallest absolute Gasteiger partial charge is 0.183 e. The Morgan fingerprint density at radius 3 is 2.79 bits per heavy atom. The molecule has 1 aromatic carbocycles. The molecule has 0 aliphatic carbocycles. The minimum atomic E-state index is 0.0821. The van der Waals surface area contributed by atoms with Crippen LogP contribution in [0, 0.1) is 16.7 Å². The van der Waals surface area contributed by atoms with Gasteiger partial charge in [0.25, 0.3) is 0 Å². The van der Waals surface area contributed by atoms with Crippen LogP contribution in [0.15, 0.2) is 24.4 Å². The fraction of sp³-hybridized carbons (Fsp3) is 0.520. The number of ether oxygens (including phenoxy) is 1. The number of aromatic amines is 1. The second-order valence-corrected chi connectivity index (χ2v) is 10.1. The van der Waals surface area contributed by atoms with Gasteiger partial charge >= 0.3 is 0 Å². The molecule has 9 nitrogen and oxygen atoms in total. The van der Waals surface area contributed by atoms with Crippen LogP contribution < -0.4 is 15.5 Å². The number of H-pyrrole nitrogens is 1. The van der Waals surface area contributed by atoms with Gasteiger partial charge in [-0.15, -0.1) is 0 Å². The molecule has 3 aliphatic heterocycles. The fourth-order valence-electron chi connectivity index (χ4n) is 5.86. The molecule has 176 valence electrons. The first-order valence-electron chi connectivity index (χ1n) is 12.1. The molecule has 2 aromatic heterocycles. The lowest BCUT2D eigenvalue weighted by atomic mass is 9.73. The molecular formula is C25H30N8O. The molecule has 2 saturated heterocycles. The number of nitrogens with one attached hydrogen (secondary N) is 1. The Hall–Kier alpha value is -3.22. The molecule has 0 bridgehead atoms. The van der Waals surface area contributed by atoms with E-state index < -0.39 is 0 Å². The third kappa shape index (κ3) is 3.24. The van der Waals surface area contributed by atoms with Gasteiger partial charge in [-0.1, -0.05) is 6.92 Å². The van der Waals surface area contributed by atoms with E-state index in [4.69, 9.17) is 20.4 Å². The monoisotopic (exact) mass is 458 g/mol. The van der Waals surface area contributed by atoms with Gasteiger partial charge in [0.05, 0.1) is 30.5 Å². The van der Waals surface area contributed by atoms with Crippen molar-refractivity contribution in [3.63, 3.8) is 0 Å². The second kappa shape index (κ2) is 7.93. The molecule has 1 unspecified atom stereocenters. The zero-order chi connectivity index (χ0) is 23.4. The van der Waals surface area contributed by atoms with E-state index in [1.54, 1.807) is 0 Å². The summed E-state index contributed by atoms with van der Waals surface area (Å²) in [5, 5.41) is 17.0. The highest BCUT2D eigenvalue weighted by Crippen LogP contribution is 2.43. The maximum Gasteiger partial charge on any atom is 0.183 e. The number of nitrogens with zero attached hydrogens (tertiary/aromatic N) is 6. The summed E-state index contributed by atoms with van der Waals surface area (Å²) < 4.78 is 5.86. The molecule has 3 aromatic rings. The maximum atomic E-state index is 9.32. The third-order valence-corrected chi connectivity index (χ3v) is 8.19. The van der Waals surface area contributed by atoms with Gasteiger partial charge in [0.15, 0.2) is 17.0 Å². The van der Waals surface area contributed by atoms with Crippen LogP contribution in [0.4, 0.5) is 17.3 Å². The molecule has 34 heavy (non-hydrogen) atoms. The summed E-state index contributed by atoms with van der Waals surface area (Å²) in [5.74, 6) is 2.04. The molecule has 3 aliphatic rings. The van der Waals surface area contributed by atoms with Crippen molar-refractivity contribution in [2.75, 3.05) is 36.0 Å². The third-order valence-electron chi connectivity index (χ3n) is 8.19. The average molecular weight is 459 g/mol. The maximum absolute atomic E-state index is 9.32. The first-order chi connectivity index (χ1) is 16.5. The van der Waals surface area contributed by atoms with Crippen LogP contribution in [-0.4, -0.2) is 58.6 Å². The molecule has 1 spiro atoms. The van der Waals surface area contributed by atoms with Gasteiger partial charge in [-0.2, -0.15) is 10.4 Å². The van der Waals surface area contributed by atoms with Crippen molar-refractivity contribution in [3.05, 3.63) is 35.5 Å². The van der Waals surface area contributed by atoms with Gasteiger partial charge in [0.2, 0.25) is 0 Å². The summed E-state index contributed by atoms with van der Waals surface area (Å²) in [4.78, 5) is 14.1. The van der Waals surface area contributed by atoms with Gasteiger partial charge in [-0.05, 0) is 55.9 Å². The summed E-state index contributed by atoms with van der Waals surface area (Å²) in [5.41, 5.74) is 11.0. The van der Waals surface area contributed by atoms with Gasteiger partial charge in [-0.25, -0.2) is 9.97 Å². The summed E-state index contributed by atoms with van der Waals surface area (Å²) in [7, 11) is 0. The largest absolute Gasteiger partial charge is 0.376 e. The van der Waals surface area contributed by atoms with Crippen LogP contribution in [0.1, 0.15) is 50.2 Å². The van der Waals surface area contributed by atoms with E-state index in [2.05, 4.69) is 39.9 Å². The topological polar surface area (TPSA) is 120 Å². The number of hydrogen-bond acceptors (Lipinski definition) is 8. The fourth-order valence-corrected chi connectivity index (χ4v) is 5.86. The number of fused-ring (bicyclic) bond motifs is 2. The molecule has 3 N–H and O–H groups in total. The lowest BCUT2D eigenvalue weighted by Gasteiger charge is -2.41. The van der Waals surface area contributed by atoms with Crippen LogP contribution in [-0.2, 0) is 4.74 Å². The highest BCUT2D eigenvalue weighted by molar-refractivity contribution is 5.88. The molecule has 2 fully saturated rings. The van der Waals surface area contributed by atoms with Crippen LogP contribution in [0.25, 0.3) is 11.2 Å². The number of rotatable bonds is 2. The number of nitrogens with two attached hydrogens (primary N) is 1. The molecule has 6 rings (SSSR count). The SMILES string of the molecule is CC1CCN(c2n[nH]c3nc(N4CCC5(CC4)CO[C@@H](C)[C@H]5N)cnc23)c2ccc(C#N)cc21. The minimum Gasteiger partial charge on any atom is -0.376 e. The highest BCUT2D eigenvalue weighted by Gasteiger charge is 2.47. The number of anilines is 3. The van der Waals surface area contributed by atoms with Crippen LogP contribution in [0.5, 0.6) is 0 Å². The Kier molecular flexibility index (Phi) is 4.97. The molecule has 0 radical (unpaired) electrons. The predicted molar refractivity (Wildman–Crippen MR) is 130 cm³/mol. The van der Waals surface area contributed by atoms with Crippen LogP contribution in [0.3, 0.4) is 0 Å². The van der Waals surface area contributed by atoms with Crippen LogP contribution >= 0.6 is 0 Å². The Balaban J connectivity index is 1.26. The number of benzene rings is 1. The van der Waals surface area contributed by atoms with Crippen molar-refractivity contribution in [2.24, 2.45) is 11.1 Å². The number of piperidine rings is 1. The van der Waals surface area contributed by atoms with E-state index >= 15 is 0 Å². The molecule has 3 atom stereocenters. The first kappa shape index (κ1) is 21.3. The van der Waals surface area contributed by atoms with Crippen molar-refractivity contribution < 1.29 is 4.74 Å². The Labute approximate surface area is 198 Å². The van der Waals surface area contributed by atoms with Crippen molar-refractivity contribution in [3.8, 4) is 6.07 Å². The molecular weight excluding hydrogens is 428 g/mol. The van der Waals surface area contributed by atoms with E-state index in [9.17, 15) is 5.26 Å². The Morgan fingerprint density at radius 1 is 1.24 bits per heavy atom. The summed E-state index contributed by atoms with van der Waals surface area (Å²) in [6.45, 7) is 7.67. The Morgan fingerprint density at radius 2 is 2.06 bits per heavy atom. The zero-order valence-electron chi connectivity index (χ0n) is 19.7. The molecule has 0 saturated carbocycles. The minimum absolute atomic E-state index is 0.0821. The van der Waals surface area contributed by atoms with E-state index in [1.165, 1.54) is 5.56 Å². The first-order valence-corrected chi connectivity index (χ1v) is 12.1. The van der Waals surface area contributed by atoms with E-state index in [0.29, 0.717) is 17.1 Å². The highest BCUT2D eigenvalue weighted by atomic mass is 16.5. The molecule has 0 amide bonds. The van der Waals surface area contributed by atoms with E-state index in [1.807, 2.05) is 24.4 Å². The zero-order valence-corrected chi connectivity index (χ0v) is 19.7. The second-order valence-electron chi connectivity index (χ2n) is 10.1. The van der Waals surface area contributed by atoms with E-state index in [-0.39, 0.29) is 17.6 Å². The van der Waals surface area contributed by atoms with Gasteiger partial charge in [0, 0.05) is 36.8 Å². The van der Waals surface area contributed by atoms with Gasteiger partial charge in [0.1, 0.15) is 5.82 Å². The van der Waals surface area contributed by atoms with Crippen LogP contribution in [0.2, 0.25) is 0 Å². The lowest BCUT2D eigenvalue weighted by Crippen LogP contribution is -2.50. The van der Waals surface area contributed by atoms with Crippen molar-refractivity contribution in [1.29, 1.82) is 5.26 Å². The average Bonchev–Trinajstić information content (AvgIpc) is 3.41.